The van der Waals surface area contributed by atoms with Crippen LogP contribution in [0.2, 0.25) is 10.0 Å². The number of hydrogen-bond acceptors (Lipinski definition) is 3. The van der Waals surface area contributed by atoms with Crippen LogP contribution in [-0.4, -0.2) is 26.8 Å². The fourth-order valence-corrected chi connectivity index (χ4v) is 1.97. The van der Waals surface area contributed by atoms with Crippen molar-refractivity contribution in [1.82, 2.24) is 9.78 Å². The average Bonchev–Trinajstić information content (AvgIpc) is 2.91. The minimum absolute atomic E-state index is 0.135. The molecule has 0 bridgehead atoms. The monoisotopic (exact) mass is 327 g/mol. The first-order valence-corrected chi connectivity index (χ1v) is 6.68. The van der Waals surface area contributed by atoms with Crippen LogP contribution in [0, 0.1) is 0 Å². The molecule has 0 aliphatic carbocycles. The maximum absolute atomic E-state index is 12.2. The van der Waals surface area contributed by atoms with E-state index in [1.807, 2.05) is 0 Å². The number of hydrogen-bond donors (Lipinski definition) is 2. The van der Waals surface area contributed by atoms with Gasteiger partial charge in [-0.25, -0.2) is 9.48 Å². The number of halogens is 2. The van der Waals surface area contributed by atoms with Gasteiger partial charge in [-0.15, -0.1) is 0 Å². The second-order valence-corrected chi connectivity index (χ2v) is 5.07. The highest BCUT2D eigenvalue weighted by Gasteiger charge is 2.21. The Balaban J connectivity index is 2.23. The minimum Gasteiger partial charge on any atom is -0.480 e. The highest BCUT2D eigenvalue weighted by atomic mass is 35.5. The Morgan fingerprint density at radius 2 is 2.00 bits per heavy atom. The molecule has 21 heavy (non-hydrogen) atoms. The van der Waals surface area contributed by atoms with Crippen molar-refractivity contribution in [3.63, 3.8) is 0 Å². The molecule has 2 N–H and O–H groups in total. The molecule has 0 spiro atoms. The lowest BCUT2D eigenvalue weighted by Gasteiger charge is -2.12. The second-order valence-electron chi connectivity index (χ2n) is 4.26. The lowest BCUT2D eigenvalue weighted by Crippen LogP contribution is -2.24. The van der Waals surface area contributed by atoms with Gasteiger partial charge in [0.15, 0.2) is 0 Å². The summed E-state index contributed by atoms with van der Waals surface area (Å²) in [6.07, 6.45) is 1.36. The maximum Gasteiger partial charge on any atom is 0.328 e. The zero-order valence-corrected chi connectivity index (χ0v) is 12.4. The largest absolute Gasteiger partial charge is 0.480 e. The van der Waals surface area contributed by atoms with E-state index < -0.39 is 17.9 Å². The number of nitrogens with zero attached hydrogens (tertiary/aromatic N) is 2. The molecule has 6 nitrogen and oxygen atoms in total. The van der Waals surface area contributed by atoms with E-state index in [-0.39, 0.29) is 5.69 Å². The van der Waals surface area contributed by atoms with Crippen molar-refractivity contribution in [1.29, 1.82) is 0 Å². The fourth-order valence-electron chi connectivity index (χ4n) is 1.68. The molecule has 2 rings (SSSR count). The fraction of sp³-hybridized carbons (Fsp3) is 0.154. The summed E-state index contributed by atoms with van der Waals surface area (Å²) in [6, 6.07) is 5.13. The van der Waals surface area contributed by atoms with E-state index in [1.165, 1.54) is 25.3 Å². The molecular weight excluding hydrogens is 317 g/mol. The van der Waals surface area contributed by atoms with Crippen LogP contribution in [-0.2, 0) is 4.79 Å². The number of carboxylic acid groups (broad SMARTS) is 1. The van der Waals surface area contributed by atoms with Crippen LogP contribution in [0.1, 0.15) is 23.5 Å². The third-order valence-corrected chi connectivity index (χ3v) is 3.54. The van der Waals surface area contributed by atoms with Gasteiger partial charge in [-0.05, 0) is 31.2 Å². The average molecular weight is 328 g/mol. The molecule has 1 amide bonds. The number of aliphatic carboxylic acids is 1. The Morgan fingerprint density at radius 3 is 2.62 bits per heavy atom. The van der Waals surface area contributed by atoms with E-state index in [1.54, 1.807) is 12.1 Å². The van der Waals surface area contributed by atoms with Gasteiger partial charge in [-0.3, -0.25) is 4.79 Å². The molecule has 0 saturated heterocycles. The highest BCUT2D eigenvalue weighted by Crippen LogP contribution is 2.25. The smallest absolute Gasteiger partial charge is 0.328 e. The van der Waals surface area contributed by atoms with Crippen LogP contribution < -0.4 is 5.32 Å². The van der Waals surface area contributed by atoms with Gasteiger partial charge in [-0.1, -0.05) is 23.2 Å². The molecular formula is C13H11Cl2N3O3. The lowest BCUT2D eigenvalue weighted by molar-refractivity contribution is -0.140. The Morgan fingerprint density at radius 1 is 1.29 bits per heavy atom. The number of carbonyl (C=O) groups excluding carboxylic acids is 1. The van der Waals surface area contributed by atoms with Gasteiger partial charge < -0.3 is 10.4 Å². The topological polar surface area (TPSA) is 84.2 Å². The first-order chi connectivity index (χ1) is 9.90. The number of aromatic nitrogens is 2. The van der Waals surface area contributed by atoms with E-state index in [0.29, 0.717) is 15.7 Å². The zero-order chi connectivity index (χ0) is 15.6. The second kappa shape index (κ2) is 6.15. The van der Waals surface area contributed by atoms with Gasteiger partial charge in [0.05, 0.1) is 10.0 Å². The van der Waals surface area contributed by atoms with Crippen LogP contribution in [0.5, 0.6) is 0 Å². The van der Waals surface area contributed by atoms with Crippen LogP contribution in [0.3, 0.4) is 0 Å². The van der Waals surface area contributed by atoms with Crippen LogP contribution >= 0.6 is 23.2 Å². The Bertz CT molecular complexity index is 700. The highest BCUT2D eigenvalue weighted by molar-refractivity contribution is 6.42. The summed E-state index contributed by atoms with van der Waals surface area (Å²) in [6.45, 7) is 1.44. The standard InChI is InChI=1S/C13H11Cl2N3O3/c1-7(13(20)21)18-11(4-5-16-18)12(19)17-8-2-3-9(14)10(15)6-8/h2-7H,1H3,(H,17,19)(H,20,21). The Hall–Kier alpha value is -2.05. The Kier molecular flexibility index (Phi) is 4.50. The van der Waals surface area contributed by atoms with Gasteiger partial charge in [0.25, 0.3) is 5.91 Å². The maximum atomic E-state index is 12.2. The molecule has 110 valence electrons. The van der Waals surface area contributed by atoms with Gasteiger partial charge in [0, 0.05) is 11.9 Å². The van der Waals surface area contributed by atoms with E-state index in [2.05, 4.69) is 10.4 Å². The summed E-state index contributed by atoms with van der Waals surface area (Å²) >= 11 is 11.7. The molecule has 0 fully saturated rings. The third-order valence-electron chi connectivity index (χ3n) is 2.80. The summed E-state index contributed by atoms with van der Waals surface area (Å²) in [5.41, 5.74) is 0.584. The quantitative estimate of drug-likeness (QED) is 0.903. The van der Waals surface area contributed by atoms with Gasteiger partial charge >= 0.3 is 5.97 Å². The van der Waals surface area contributed by atoms with Crippen molar-refractivity contribution in [3.8, 4) is 0 Å². The molecule has 8 heteroatoms. The summed E-state index contributed by atoms with van der Waals surface area (Å²) in [7, 11) is 0. The van der Waals surface area contributed by atoms with E-state index in [4.69, 9.17) is 28.3 Å². The summed E-state index contributed by atoms with van der Waals surface area (Å²) in [5.74, 6) is -1.57. The number of anilines is 1. The van der Waals surface area contributed by atoms with Crippen molar-refractivity contribution < 1.29 is 14.7 Å². The van der Waals surface area contributed by atoms with Crippen molar-refractivity contribution in [2.75, 3.05) is 5.32 Å². The van der Waals surface area contributed by atoms with E-state index in [0.717, 1.165) is 4.68 Å². The number of benzene rings is 1. The molecule has 1 aromatic carbocycles. The predicted molar refractivity (Wildman–Crippen MR) is 79.0 cm³/mol. The van der Waals surface area contributed by atoms with E-state index in [9.17, 15) is 9.59 Å². The summed E-state index contributed by atoms with van der Waals surface area (Å²) in [4.78, 5) is 23.2. The molecule has 1 unspecified atom stereocenters. The van der Waals surface area contributed by atoms with E-state index >= 15 is 0 Å². The minimum atomic E-state index is -1.08. The summed E-state index contributed by atoms with van der Waals surface area (Å²) < 4.78 is 1.13. The van der Waals surface area contributed by atoms with Crippen LogP contribution in [0.25, 0.3) is 0 Å². The lowest BCUT2D eigenvalue weighted by atomic mass is 10.3. The zero-order valence-electron chi connectivity index (χ0n) is 10.9. The van der Waals surface area contributed by atoms with Crippen LogP contribution in [0.4, 0.5) is 5.69 Å². The normalized spacial score (nSPS) is 12.0. The molecule has 0 aliphatic heterocycles. The van der Waals surface area contributed by atoms with Crippen molar-refractivity contribution >= 4 is 40.8 Å². The molecule has 0 saturated carbocycles. The predicted octanol–water partition coefficient (Wildman–Crippen LogP) is 3.09. The number of carbonyl (C=O) groups is 2. The molecule has 0 aliphatic rings. The number of amides is 1. The number of carboxylic acids is 1. The molecule has 1 atom stereocenters. The first kappa shape index (κ1) is 15.3. The van der Waals surface area contributed by atoms with Gasteiger partial charge in [0.2, 0.25) is 0 Å². The number of rotatable bonds is 4. The number of nitrogens with one attached hydrogen (secondary N) is 1. The van der Waals surface area contributed by atoms with Crippen molar-refractivity contribution in [3.05, 3.63) is 46.2 Å². The van der Waals surface area contributed by atoms with Gasteiger partial charge in [0.1, 0.15) is 11.7 Å². The third kappa shape index (κ3) is 3.34. The SMILES string of the molecule is CC(C(=O)O)n1nccc1C(=O)Nc1ccc(Cl)c(Cl)c1. The van der Waals surface area contributed by atoms with Gasteiger partial charge in [-0.2, -0.15) is 5.10 Å². The molecule has 0 radical (unpaired) electrons. The van der Waals surface area contributed by atoms with Crippen LogP contribution in [0.15, 0.2) is 30.5 Å². The van der Waals surface area contributed by atoms with Crippen molar-refractivity contribution in [2.24, 2.45) is 0 Å². The molecule has 2 aromatic rings. The molecule has 1 heterocycles. The first-order valence-electron chi connectivity index (χ1n) is 5.93. The molecule has 1 aromatic heterocycles. The van der Waals surface area contributed by atoms with Crippen molar-refractivity contribution in [2.45, 2.75) is 13.0 Å². The Labute approximate surface area is 130 Å². The summed E-state index contributed by atoms with van der Waals surface area (Å²) in [5, 5.41) is 16.1.